The van der Waals surface area contributed by atoms with Gasteiger partial charge in [-0.1, -0.05) is 0 Å². The van der Waals surface area contributed by atoms with Crippen LogP contribution in [0.1, 0.15) is 66.4 Å². The molecular formula is C18H27F2N3S. The average Bonchev–Trinajstić information content (AvgIpc) is 2.95. The molecule has 1 aliphatic heterocycles. The van der Waals surface area contributed by atoms with Crippen LogP contribution in [0.25, 0.3) is 0 Å². The van der Waals surface area contributed by atoms with E-state index < -0.39 is 5.92 Å². The molecule has 4 rings (SSSR count). The molecule has 24 heavy (non-hydrogen) atoms. The third-order valence-corrected chi connectivity index (χ3v) is 7.33. The summed E-state index contributed by atoms with van der Waals surface area (Å²) in [6, 6.07) is 0.422. The van der Waals surface area contributed by atoms with Gasteiger partial charge in [-0.05, 0) is 51.0 Å². The Morgan fingerprint density at radius 3 is 2.67 bits per heavy atom. The van der Waals surface area contributed by atoms with Gasteiger partial charge in [0.1, 0.15) is 0 Å². The van der Waals surface area contributed by atoms with Gasteiger partial charge in [0, 0.05) is 42.8 Å². The van der Waals surface area contributed by atoms with Crippen molar-refractivity contribution in [1.29, 1.82) is 0 Å². The molecule has 2 saturated carbocycles. The van der Waals surface area contributed by atoms with Crippen LogP contribution >= 0.6 is 11.3 Å². The molecule has 0 amide bonds. The number of hydrogen-bond donors (Lipinski definition) is 1. The fourth-order valence-corrected chi connectivity index (χ4v) is 5.48. The van der Waals surface area contributed by atoms with Gasteiger partial charge < -0.3 is 5.73 Å². The molecule has 0 unspecified atom stereocenters. The van der Waals surface area contributed by atoms with Crippen molar-refractivity contribution in [3.8, 4) is 0 Å². The second-order valence-corrected chi connectivity index (χ2v) is 9.09. The van der Waals surface area contributed by atoms with Gasteiger partial charge in [-0.3, -0.25) is 4.90 Å². The van der Waals surface area contributed by atoms with Crippen molar-refractivity contribution in [3.05, 3.63) is 15.6 Å². The number of thiazole rings is 1. The number of halogens is 2. The topological polar surface area (TPSA) is 42.1 Å². The number of nitrogens with zero attached hydrogens (tertiary/aromatic N) is 2. The van der Waals surface area contributed by atoms with E-state index in [2.05, 4.69) is 4.90 Å². The minimum Gasteiger partial charge on any atom is -0.328 e. The highest BCUT2D eigenvalue weighted by molar-refractivity contribution is 7.11. The normalized spacial score (nSPS) is 30.8. The summed E-state index contributed by atoms with van der Waals surface area (Å²) < 4.78 is 26.2. The maximum atomic E-state index is 13.1. The van der Waals surface area contributed by atoms with Crippen LogP contribution in [0.3, 0.4) is 0 Å². The molecule has 134 valence electrons. The van der Waals surface area contributed by atoms with E-state index in [4.69, 9.17) is 10.7 Å². The summed E-state index contributed by atoms with van der Waals surface area (Å²) in [4.78, 5) is 8.55. The lowest BCUT2D eigenvalue weighted by Gasteiger charge is -2.33. The standard InChI is InChI=1S/C18H27F2N3S/c19-18(20)9-13(10-18)17-22-15-11-23(8-6-16(15)24-17)7-5-12-1-3-14(21)4-2-12/h12-14H,1-11,21H2/t12-,14-. The Bertz CT molecular complexity index is 573. The van der Waals surface area contributed by atoms with Crippen LogP contribution in [-0.2, 0) is 13.0 Å². The van der Waals surface area contributed by atoms with Crippen LogP contribution in [0, 0.1) is 5.92 Å². The number of rotatable bonds is 4. The van der Waals surface area contributed by atoms with Crippen molar-refractivity contribution in [2.45, 2.75) is 75.8 Å². The average molecular weight is 355 g/mol. The first-order valence-electron chi connectivity index (χ1n) is 9.33. The predicted octanol–water partition coefficient (Wildman–Crippen LogP) is 3.92. The lowest BCUT2D eigenvalue weighted by molar-refractivity contribution is -0.0868. The van der Waals surface area contributed by atoms with Crippen molar-refractivity contribution in [1.82, 2.24) is 9.88 Å². The lowest BCUT2D eigenvalue weighted by Crippen LogP contribution is -2.34. The zero-order valence-electron chi connectivity index (χ0n) is 14.1. The van der Waals surface area contributed by atoms with Gasteiger partial charge in [0.2, 0.25) is 5.92 Å². The number of nitrogens with two attached hydrogens (primary N) is 1. The van der Waals surface area contributed by atoms with Crippen molar-refractivity contribution in [2.75, 3.05) is 13.1 Å². The molecule has 2 aliphatic carbocycles. The summed E-state index contributed by atoms with van der Waals surface area (Å²) in [5.41, 5.74) is 7.14. The van der Waals surface area contributed by atoms with Gasteiger partial charge in [0.25, 0.3) is 0 Å². The van der Waals surface area contributed by atoms with Crippen molar-refractivity contribution < 1.29 is 8.78 Å². The van der Waals surface area contributed by atoms with E-state index >= 15 is 0 Å². The van der Waals surface area contributed by atoms with Crippen LogP contribution in [0.4, 0.5) is 8.78 Å². The number of hydrogen-bond acceptors (Lipinski definition) is 4. The number of fused-ring (bicyclic) bond motifs is 1. The number of alkyl halides is 2. The Labute approximate surface area is 146 Å². The minimum atomic E-state index is -2.45. The molecule has 1 aromatic rings. The van der Waals surface area contributed by atoms with Gasteiger partial charge in [0.15, 0.2) is 0 Å². The summed E-state index contributed by atoms with van der Waals surface area (Å²) in [6.45, 7) is 3.12. The SMILES string of the molecule is N[C@H]1CC[C@H](CCN2CCc3sc(C4CC(F)(F)C4)nc3C2)CC1. The van der Waals surface area contributed by atoms with Gasteiger partial charge in [-0.15, -0.1) is 11.3 Å². The maximum absolute atomic E-state index is 13.1. The van der Waals surface area contributed by atoms with Crippen LogP contribution < -0.4 is 5.73 Å². The first kappa shape index (κ1) is 16.9. The second kappa shape index (κ2) is 6.61. The molecule has 3 nitrogen and oxygen atoms in total. The van der Waals surface area contributed by atoms with E-state index in [0.717, 1.165) is 42.7 Å². The summed E-state index contributed by atoms with van der Waals surface area (Å²) in [5, 5.41) is 0.953. The highest BCUT2D eigenvalue weighted by atomic mass is 32.1. The largest absolute Gasteiger partial charge is 0.328 e. The zero-order chi connectivity index (χ0) is 16.7. The molecule has 2 heterocycles. The zero-order valence-corrected chi connectivity index (χ0v) is 15.0. The first-order valence-corrected chi connectivity index (χ1v) is 10.1. The molecule has 0 aromatic carbocycles. The Balaban J connectivity index is 1.29. The Hall–Kier alpha value is -0.590. The molecule has 2 N–H and O–H groups in total. The Kier molecular flexibility index (Phi) is 4.65. The molecule has 0 spiro atoms. The lowest BCUT2D eigenvalue weighted by atomic mass is 9.82. The molecule has 0 bridgehead atoms. The third kappa shape index (κ3) is 3.65. The maximum Gasteiger partial charge on any atom is 0.249 e. The fraction of sp³-hybridized carbons (Fsp3) is 0.833. The fourth-order valence-electron chi connectivity index (χ4n) is 4.32. The minimum absolute atomic E-state index is 0.00417. The van der Waals surface area contributed by atoms with Crippen LogP contribution in [0.15, 0.2) is 0 Å². The highest BCUT2D eigenvalue weighted by Gasteiger charge is 2.47. The quantitative estimate of drug-likeness (QED) is 0.890. The van der Waals surface area contributed by atoms with Gasteiger partial charge in [-0.2, -0.15) is 0 Å². The summed E-state index contributed by atoms with van der Waals surface area (Å²) in [5.74, 6) is -1.63. The van der Waals surface area contributed by atoms with Gasteiger partial charge in [0.05, 0.1) is 10.7 Å². The smallest absolute Gasteiger partial charge is 0.249 e. The first-order chi connectivity index (χ1) is 11.5. The molecule has 0 atom stereocenters. The number of aromatic nitrogens is 1. The molecule has 0 saturated heterocycles. The van der Waals surface area contributed by atoms with Crippen molar-refractivity contribution >= 4 is 11.3 Å². The third-order valence-electron chi connectivity index (χ3n) is 6.01. The van der Waals surface area contributed by atoms with E-state index in [1.807, 2.05) is 0 Å². The summed E-state index contributed by atoms with van der Waals surface area (Å²) in [6.07, 6.45) is 7.18. The molecule has 6 heteroatoms. The van der Waals surface area contributed by atoms with Gasteiger partial charge >= 0.3 is 0 Å². The predicted molar refractivity (Wildman–Crippen MR) is 92.6 cm³/mol. The van der Waals surface area contributed by atoms with Gasteiger partial charge in [-0.25, -0.2) is 13.8 Å². The van der Waals surface area contributed by atoms with Crippen molar-refractivity contribution in [2.24, 2.45) is 11.7 Å². The molecule has 1 aromatic heterocycles. The second-order valence-electron chi connectivity index (χ2n) is 7.98. The van der Waals surface area contributed by atoms with E-state index in [1.54, 1.807) is 11.3 Å². The van der Waals surface area contributed by atoms with Crippen molar-refractivity contribution in [3.63, 3.8) is 0 Å². The summed E-state index contributed by atoms with van der Waals surface area (Å²) in [7, 11) is 0. The van der Waals surface area contributed by atoms with Crippen LogP contribution in [0.2, 0.25) is 0 Å². The van der Waals surface area contributed by atoms with E-state index in [-0.39, 0.29) is 18.8 Å². The Morgan fingerprint density at radius 2 is 1.96 bits per heavy atom. The summed E-state index contributed by atoms with van der Waals surface area (Å²) >= 11 is 1.68. The van der Waals surface area contributed by atoms with Crippen LogP contribution in [-0.4, -0.2) is 34.9 Å². The highest BCUT2D eigenvalue weighted by Crippen LogP contribution is 2.49. The molecule has 3 aliphatic rings. The molecule has 0 radical (unpaired) electrons. The van der Waals surface area contributed by atoms with E-state index in [1.165, 1.54) is 37.0 Å². The molecule has 2 fully saturated rings. The van der Waals surface area contributed by atoms with E-state index in [0.29, 0.717) is 6.04 Å². The van der Waals surface area contributed by atoms with Crippen LogP contribution in [0.5, 0.6) is 0 Å². The molecular weight excluding hydrogens is 328 g/mol. The Morgan fingerprint density at radius 1 is 1.21 bits per heavy atom. The monoisotopic (exact) mass is 355 g/mol. The van der Waals surface area contributed by atoms with E-state index in [9.17, 15) is 8.78 Å².